The number of hydrogen-bond donors (Lipinski definition) is 1. The number of likely N-dealkylation sites (tertiary alicyclic amines) is 1. The molecule has 0 bridgehead atoms. The molecule has 8 nitrogen and oxygen atoms in total. The number of ether oxygens (including phenoxy) is 2. The van der Waals surface area contributed by atoms with E-state index in [9.17, 15) is 19.5 Å². The highest BCUT2D eigenvalue weighted by Crippen LogP contribution is 2.60. The molecule has 2 fully saturated rings. The van der Waals surface area contributed by atoms with Crippen LogP contribution in [-0.4, -0.2) is 77.2 Å². The highest BCUT2D eigenvalue weighted by molar-refractivity contribution is 8.02. The van der Waals surface area contributed by atoms with Crippen LogP contribution >= 0.6 is 11.8 Å². The first-order valence-corrected chi connectivity index (χ1v) is 14.0. The average molecular weight is 527 g/mol. The van der Waals surface area contributed by atoms with Crippen molar-refractivity contribution in [1.29, 1.82) is 0 Å². The zero-order valence-electron chi connectivity index (χ0n) is 21.1. The Kier molecular flexibility index (Phi) is 7.62. The third kappa shape index (κ3) is 4.56. The first-order chi connectivity index (χ1) is 18.0. The van der Waals surface area contributed by atoms with Gasteiger partial charge in [-0.2, -0.15) is 0 Å². The lowest BCUT2D eigenvalue weighted by Gasteiger charge is -2.35. The Balaban J connectivity index is 1.55. The van der Waals surface area contributed by atoms with Crippen molar-refractivity contribution in [2.24, 2.45) is 11.8 Å². The summed E-state index contributed by atoms with van der Waals surface area (Å²) >= 11 is 1.56. The minimum absolute atomic E-state index is 0.0919. The first-order valence-electron chi connectivity index (χ1n) is 13.1. The summed E-state index contributed by atoms with van der Waals surface area (Å²) in [7, 11) is 1.60. The van der Waals surface area contributed by atoms with Crippen molar-refractivity contribution < 1.29 is 29.0 Å². The van der Waals surface area contributed by atoms with Gasteiger partial charge in [0.1, 0.15) is 11.8 Å². The molecular formula is C28H34N2O6S. The number of cyclic esters (lactones) is 1. The first kappa shape index (κ1) is 25.9. The Hall–Kier alpha value is -2.78. The van der Waals surface area contributed by atoms with Crippen LogP contribution in [0.25, 0.3) is 0 Å². The van der Waals surface area contributed by atoms with E-state index in [-0.39, 0.29) is 29.6 Å². The lowest BCUT2D eigenvalue weighted by molar-refractivity contribution is -0.153. The number of thioether (sulfide) groups is 1. The maximum atomic E-state index is 14.3. The second kappa shape index (κ2) is 10.9. The van der Waals surface area contributed by atoms with Gasteiger partial charge >= 0.3 is 5.97 Å². The predicted molar refractivity (Wildman–Crippen MR) is 141 cm³/mol. The van der Waals surface area contributed by atoms with Crippen LogP contribution in [0.15, 0.2) is 48.6 Å². The van der Waals surface area contributed by atoms with Gasteiger partial charge in [-0.1, -0.05) is 24.3 Å². The van der Waals surface area contributed by atoms with Crippen LogP contribution in [0, 0.1) is 11.8 Å². The van der Waals surface area contributed by atoms with Gasteiger partial charge in [-0.3, -0.25) is 14.4 Å². The van der Waals surface area contributed by atoms with Gasteiger partial charge in [-0.05, 0) is 56.4 Å². The Morgan fingerprint density at radius 3 is 2.68 bits per heavy atom. The maximum Gasteiger partial charge on any atom is 0.311 e. The van der Waals surface area contributed by atoms with Crippen molar-refractivity contribution in [2.45, 2.75) is 48.1 Å². The Morgan fingerprint density at radius 1 is 1.11 bits per heavy atom. The van der Waals surface area contributed by atoms with Crippen LogP contribution < -0.4 is 9.64 Å². The molecule has 0 aliphatic carbocycles. The van der Waals surface area contributed by atoms with Crippen molar-refractivity contribution >= 4 is 35.2 Å². The van der Waals surface area contributed by atoms with Gasteiger partial charge in [-0.15, -0.1) is 11.8 Å². The molecular weight excluding hydrogens is 492 g/mol. The van der Waals surface area contributed by atoms with Gasteiger partial charge in [0.15, 0.2) is 0 Å². The second-order valence-electron chi connectivity index (χ2n) is 9.95. The van der Waals surface area contributed by atoms with E-state index in [1.807, 2.05) is 42.5 Å². The number of unbranched alkanes of at least 4 members (excludes halogenated alkanes) is 2. The number of hydrogen-bond acceptors (Lipinski definition) is 7. The van der Waals surface area contributed by atoms with Crippen molar-refractivity contribution in [3.05, 3.63) is 48.6 Å². The minimum Gasteiger partial charge on any atom is -0.497 e. The molecule has 5 atom stereocenters. The summed E-state index contributed by atoms with van der Waals surface area (Å²) in [5, 5.41) is 8.98. The van der Waals surface area contributed by atoms with Gasteiger partial charge in [0, 0.05) is 30.6 Å². The molecule has 0 saturated carbocycles. The molecule has 37 heavy (non-hydrogen) atoms. The van der Waals surface area contributed by atoms with Gasteiger partial charge in [0.05, 0.1) is 30.3 Å². The van der Waals surface area contributed by atoms with Crippen LogP contribution in [0.4, 0.5) is 5.69 Å². The normalized spacial score (nSPS) is 32.0. The van der Waals surface area contributed by atoms with E-state index in [0.717, 1.165) is 24.9 Å². The fourth-order valence-corrected chi connectivity index (χ4v) is 8.06. The van der Waals surface area contributed by atoms with E-state index in [2.05, 4.69) is 6.08 Å². The molecule has 4 aliphatic rings. The number of anilines is 1. The van der Waals surface area contributed by atoms with Crippen molar-refractivity contribution in [3.63, 3.8) is 0 Å². The third-order valence-electron chi connectivity index (χ3n) is 7.79. The number of fused-ring (bicyclic) bond motifs is 2. The van der Waals surface area contributed by atoms with Gasteiger partial charge < -0.3 is 24.4 Å². The zero-order valence-corrected chi connectivity index (χ0v) is 21.9. The molecule has 1 aromatic carbocycles. The molecule has 1 unspecified atom stereocenters. The van der Waals surface area contributed by atoms with Crippen LogP contribution in [0.3, 0.4) is 0 Å². The fourth-order valence-electron chi connectivity index (χ4n) is 6.06. The smallest absolute Gasteiger partial charge is 0.311 e. The molecule has 1 N–H and O–H groups in total. The molecule has 2 saturated heterocycles. The van der Waals surface area contributed by atoms with Crippen LogP contribution in [0.2, 0.25) is 0 Å². The molecule has 9 heteroatoms. The monoisotopic (exact) mass is 526 g/mol. The second-order valence-corrected chi connectivity index (χ2v) is 11.4. The number of aliphatic hydroxyl groups excluding tert-OH is 1. The highest BCUT2D eigenvalue weighted by Gasteiger charge is 2.70. The summed E-state index contributed by atoms with van der Waals surface area (Å²) in [5.41, 5.74) is 0.730. The van der Waals surface area contributed by atoms with E-state index in [4.69, 9.17) is 9.47 Å². The van der Waals surface area contributed by atoms with E-state index in [1.165, 1.54) is 0 Å². The molecule has 1 aromatic rings. The predicted octanol–water partition coefficient (Wildman–Crippen LogP) is 2.95. The number of methoxy groups -OCH3 is 1. The Labute approximate surface area is 221 Å². The molecule has 0 aromatic heterocycles. The van der Waals surface area contributed by atoms with Crippen LogP contribution in [0.1, 0.15) is 32.1 Å². The fraction of sp³-hybridized carbons (Fsp3) is 0.536. The number of esters is 1. The van der Waals surface area contributed by atoms with E-state index in [1.54, 1.807) is 28.7 Å². The van der Waals surface area contributed by atoms with Crippen molar-refractivity contribution in [2.75, 3.05) is 38.3 Å². The quantitative estimate of drug-likeness (QED) is 0.332. The number of amides is 2. The SMILES string of the molecule is COc1ccc(N2CC=C[C@]34S[C@H]5/C=C\CCCOC(=O)[C@H]5[C@H]3C(=O)N(CCCCCO)C4C2=O)cc1. The number of carbonyl (C=O) groups excluding carboxylic acids is 3. The van der Waals surface area contributed by atoms with Gasteiger partial charge in [0.25, 0.3) is 5.91 Å². The lowest BCUT2D eigenvalue weighted by atomic mass is 9.78. The summed E-state index contributed by atoms with van der Waals surface area (Å²) in [5.74, 6) is -1.27. The average Bonchev–Trinajstić information content (AvgIpc) is 3.31. The number of benzene rings is 1. The molecule has 198 valence electrons. The van der Waals surface area contributed by atoms with Crippen molar-refractivity contribution in [1.82, 2.24) is 4.90 Å². The summed E-state index contributed by atoms with van der Waals surface area (Å²) < 4.78 is 10.0. The van der Waals surface area contributed by atoms with Crippen LogP contribution in [-0.2, 0) is 19.1 Å². The number of carbonyl (C=O) groups is 3. The topological polar surface area (TPSA) is 96.4 Å². The summed E-state index contributed by atoms with van der Waals surface area (Å²) in [6.07, 6.45) is 11.7. The van der Waals surface area contributed by atoms with E-state index < -0.39 is 22.6 Å². The molecule has 5 rings (SSSR count). The van der Waals surface area contributed by atoms with Crippen molar-refractivity contribution in [3.8, 4) is 5.75 Å². The van der Waals surface area contributed by atoms with Crippen LogP contribution in [0.5, 0.6) is 5.75 Å². The van der Waals surface area contributed by atoms with E-state index >= 15 is 0 Å². The molecule has 2 amide bonds. The summed E-state index contributed by atoms with van der Waals surface area (Å²) in [4.78, 5) is 45.1. The number of rotatable bonds is 7. The summed E-state index contributed by atoms with van der Waals surface area (Å²) in [6, 6.07) is 6.60. The molecule has 1 spiro atoms. The number of allylic oxidation sites excluding steroid dienone is 1. The third-order valence-corrected chi connectivity index (χ3v) is 9.54. The Morgan fingerprint density at radius 2 is 1.92 bits per heavy atom. The largest absolute Gasteiger partial charge is 0.497 e. The van der Waals surface area contributed by atoms with E-state index in [0.29, 0.717) is 38.3 Å². The standard InChI is InChI=1S/C28H34N2O6S/c1-35-20-12-10-19(11-13-20)29-16-8-14-28-23(22-21(37-28)9-4-2-7-18-36-27(22)34)25(32)30(24(28)26(29)33)15-5-3-6-17-31/h4,8-14,21-24,31H,2-3,5-7,15-18H2,1H3/b9-4-/t21-,22+,23-,24?,28-/m0/s1. The molecule has 4 aliphatic heterocycles. The van der Waals surface area contributed by atoms with Gasteiger partial charge in [0.2, 0.25) is 5.91 Å². The molecule has 4 heterocycles. The lowest BCUT2D eigenvalue weighted by Crippen LogP contribution is -2.53. The Bertz CT molecular complexity index is 1090. The molecule has 0 radical (unpaired) electrons. The van der Waals surface area contributed by atoms with Gasteiger partial charge in [-0.25, -0.2) is 0 Å². The number of nitrogens with zero attached hydrogens (tertiary/aromatic N) is 2. The zero-order chi connectivity index (χ0) is 26.0. The maximum absolute atomic E-state index is 14.3. The minimum atomic E-state index is -0.857. The highest BCUT2D eigenvalue weighted by atomic mass is 32.2. The summed E-state index contributed by atoms with van der Waals surface area (Å²) in [6.45, 7) is 1.20. The number of aliphatic hydroxyl groups is 1.